The van der Waals surface area contributed by atoms with Crippen LogP contribution in [0.5, 0.6) is 0 Å². The molecule has 16 heavy (non-hydrogen) atoms. The van der Waals surface area contributed by atoms with E-state index in [0.29, 0.717) is 5.56 Å². The topological polar surface area (TPSA) is 105 Å². The van der Waals surface area contributed by atoms with Crippen molar-refractivity contribution in [3.8, 4) is 0 Å². The van der Waals surface area contributed by atoms with Crippen LogP contribution < -0.4 is 11.2 Å². The Morgan fingerprint density at radius 1 is 1.50 bits per heavy atom. The number of primary amides is 1. The molecule has 1 aromatic carbocycles. The predicted molar refractivity (Wildman–Crippen MR) is 58.5 cm³/mol. The number of carboxylic acid groups (broad SMARTS) is 1. The minimum atomic E-state index is -0.984. The Balaban J connectivity index is 2.87. The van der Waals surface area contributed by atoms with Crippen molar-refractivity contribution in [3.63, 3.8) is 0 Å². The number of rotatable bonds is 3. The van der Waals surface area contributed by atoms with Crippen molar-refractivity contribution >= 4 is 18.2 Å². The molecule has 0 aliphatic heterocycles. The van der Waals surface area contributed by atoms with Crippen molar-refractivity contribution in [2.24, 2.45) is 10.8 Å². The quantitative estimate of drug-likeness (QED) is 0.516. The van der Waals surface area contributed by atoms with Crippen molar-refractivity contribution in [2.75, 3.05) is 0 Å². The van der Waals surface area contributed by atoms with Crippen LogP contribution in [0, 0.1) is 6.92 Å². The van der Waals surface area contributed by atoms with Gasteiger partial charge in [0.05, 0.1) is 11.8 Å². The number of amides is 2. The minimum Gasteiger partial charge on any atom is -0.478 e. The molecule has 1 aromatic rings. The van der Waals surface area contributed by atoms with Gasteiger partial charge in [0, 0.05) is 0 Å². The second kappa shape index (κ2) is 4.92. The van der Waals surface area contributed by atoms with Gasteiger partial charge in [0.25, 0.3) is 0 Å². The predicted octanol–water partition coefficient (Wildman–Crippen LogP) is 0.695. The van der Waals surface area contributed by atoms with E-state index in [9.17, 15) is 9.59 Å². The van der Waals surface area contributed by atoms with E-state index in [-0.39, 0.29) is 5.56 Å². The third kappa shape index (κ3) is 3.09. The summed E-state index contributed by atoms with van der Waals surface area (Å²) in [6.45, 7) is 1.75. The van der Waals surface area contributed by atoms with Gasteiger partial charge in [0.2, 0.25) is 0 Å². The van der Waals surface area contributed by atoms with Crippen molar-refractivity contribution < 1.29 is 14.7 Å². The zero-order valence-corrected chi connectivity index (χ0v) is 8.60. The summed E-state index contributed by atoms with van der Waals surface area (Å²) in [6, 6.07) is 3.83. The fourth-order valence-corrected chi connectivity index (χ4v) is 1.12. The molecule has 0 aromatic heterocycles. The summed E-state index contributed by atoms with van der Waals surface area (Å²) in [5.41, 5.74) is 8.53. The number of hydrogen-bond donors (Lipinski definition) is 3. The summed E-state index contributed by atoms with van der Waals surface area (Å²) in [6.07, 6.45) is 1.39. The molecule has 0 spiro atoms. The van der Waals surface area contributed by atoms with Crippen LogP contribution in [0.25, 0.3) is 0 Å². The smallest absolute Gasteiger partial charge is 0.335 e. The SMILES string of the molecule is Cc1cc(C(=O)O)ccc1C=NNC(N)=O. The summed E-state index contributed by atoms with van der Waals surface area (Å²) < 4.78 is 0. The Labute approximate surface area is 91.8 Å². The Kier molecular flexibility index (Phi) is 3.60. The van der Waals surface area contributed by atoms with Crippen LogP contribution in [0.2, 0.25) is 0 Å². The van der Waals surface area contributed by atoms with E-state index in [0.717, 1.165) is 5.56 Å². The average molecular weight is 221 g/mol. The summed E-state index contributed by atoms with van der Waals surface area (Å²) in [5, 5.41) is 12.3. The molecule has 0 bridgehead atoms. The molecule has 0 radical (unpaired) electrons. The number of nitrogens with zero attached hydrogens (tertiary/aromatic N) is 1. The van der Waals surface area contributed by atoms with Gasteiger partial charge in [-0.15, -0.1) is 0 Å². The first-order chi connectivity index (χ1) is 7.50. The van der Waals surface area contributed by atoms with Gasteiger partial charge >= 0.3 is 12.0 Å². The van der Waals surface area contributed by atoms with Crippen molar-refractivity contribution in [1.82, 2.24) is 5.43 Å². The van der Waals surface area contributed by atoms with E-state index in [1.54, 1.807) is 13.0 Å². The lowest BCUT2D eigenvalue weighted by molar-refractivity contribution is 0.0696. The molecular weight excluding hydrogens is 210 g/mol. The second-order valence-corrected chi connectivity index (χ2v) is 3.11. The van der Waals surface area contributed by atoms with E-state index in [2.05, 4.69) is 10.5 Å². The normalized spacial score (nSPS) is 10.3. The van der Waals surface area contributed by atoms with Gasteiger partial charge in [-0.25, -0.2) is 15.0 Å². The zero-order valence-electron chi connectivity index (χ0n) is 8.60. The third-order valence-electron chi connectivity index (χ3n) is 1.90. The standard InChI is InChI=1S/C10H11N3O3/c1-6-4-7(9(14)15)2-3-8(6)5-12-13-10(11)16/h2-5H,1H3,(H,14,15)(H3,11,13,16). The molecule has 6 nitrogen and oxygen atoms in total. The Hall–Kier alpha value is -2.37. The fourth-order valence-electron chi connectivity index (χ4n) is 1.12. The van der Waals surface area contributed by atoms with Gasteiger partial charge in [-0.1, -0.05) is 6.07 Å². The van der Waals surface area contributed by atoms with Gasteiger partial charge in [-0.3, -0.25) is 0 Å². The lowest BCUT2D eigenvalue weighted by Gasteiger charge is -2.01. The Bertz CT molecular complexity index is 455. The van der Waals surface area contributed by atoms with Crippen LogP contribution in [0.1, 0.15) is 21.5 Å². The van der Waals surface area contributed by atoms with E-state index >= 15 is 0 Å². The van der Waals surface area contributed by atoms with Crippen LogP contribution in [-0.4, -0.2) is 23.3 Å². The highest BCUT2D eigenvalue weighted by molar-refractivity contribution is 5.90. The number of nitrogens with one attached hydrogen (secondary N) is 1. The number of urea groups is 1. The molecule has 0 atom stereocenters. The van der Waals surface area contributed by atoms with Crippen LogP contribution >= 0.6 is 0 Å². The zero-order chi connectivity index (χ0) is 12.1. The largest absolute Gasteiger partial charge is 0.478 e. The van der Waals surface area contributed by atoms with Crippen LogP contribution in [0.4, 0.5) is 4.79 Å². The minimum absolute atomic E-state index is 0.206. The number of benzene rings is 1. The van der Waals surface area contributed by atoms with E-state index < -0.39 is 12.0 Å². The number of aryl methyl sites for hydroxylation is 1. The maximum atomic E-state index is 10.7. The number of carbonyl (C=O) groups excluding carboxylic acids is 1. The maximum Gasteiger partial charge on any atom is 0.335 e. The molecule has 0 aliphatic carbocycles. The molecule has 84 valence electrons. The molecule has 4 N–H and O–H groups in total. The van der Waals surface area contributed by atoms with Crippen LogP contribution in [-0.2, 0) is 0 Å². The highest BCUT2D eigenvalue weighted by atomic mass is 16.4. The first-order valence-corrected chi connectivity index (χ1v) is 4.43. The fraction of sp³-hybridized carbons (Fsp3) is 0.100. The van der Waals surface area contributed by atoms with E-state index in [1.165, 1.54) is 18.3 Å². The van der Waals surface area contributed by atoms with Gasteiger partial charge in [0.1, 0.15) is 0 Å². The lowest BCUT2D eigenvalue weighted by Crippen LogP contribution is -2.24. The van der Waals surface area contributed by atoms with Crippen LogP contribution in [0.3, 0.4) is 0 Å². The molecule has 0 aliphatic rings. The van der Waals surface area contributed by atoms with Crippen molar-refractivity contribution in [3.05, 3.63) is 34.9 Å². The summed E-state index contributed by atoms with van der Waals surface area (Å²) in [7, 11) is 0. The van der Waals surface area contributed by atoms with E-state index in [1.807, 2.05) is 0 Å². The first kappa shape index (κ1) is 11.7. The number of carboxylic acids is 1. The molecule has 0 saturated heterocycles. The average Bonchev–Trinajstić information content (AvgIpc) is 2.19. The molecule has 0 unspecified atom stereocenters. The third-order valence-corrected chi connectivity index (χ3v) is 1.90. The van der Waals surface area contributed by atoms with Crippen molar-refractivity contribution in [1.29, 1.82) is 0 Å². The summed E-state index contributed by atoms with van der Waals surface area (Å²) in [4.78, 5) is 21.0. The van der Waals surface area contributed by atoms with Crippen molar-refractivity contribution in [2.45, 2.75) is 6.92 Å². The lowest BCUT2D eigenvalue weighted by atomic mass is 10.1. The van der Waals surface area contributed by atoms with Gasteiger partial charge in [-0.2, -0.15) is 5.10 Å². The molecule has 0 saturated carbocycles. The van der Waals surface area contributed by atoms with Gasteiger partial charge in [0.15, 0.2) is 0 Å². The summed E-state index contributed by atoms with van der Waals surface area (Å²) in [5.74, 6) is -0.984. The highest BCUT2D eigenvalue weighted by Gasteiger charge is 2.04. The second-order valence-electron chi connectivity index (χ2n) is 3.11. The Morgan fingerprint density at radius 2 is 2.19 bits per heavy atom. The maximum absolute atomic E-state index is 10.7. The van der Waals surface area contributed by atoms with Gasteiger partial charge < -0.3 is 10.8 Å². The van der Waals surface area contributed by atoms with Gasteiger partial charge in [-0.05, 0) is 30.2 Å². The number of aromatic carboxylic acids is 1. The molecule has 0 heterocycles. The first-order valence-electron chi connectivity index (χ1n) is 4.43. The van der Waals surface area contributed by atoms with Crippen LogP contribution in [0.15, 0.2) is 23.3 Å². The number of carbonyl (C=O) groups is 2. The number of nitrogens with two attached hydrogens (primary N) is 1. The Morgan fingerprint density at radius 3 is 2.69 bits per heavy atom. The molecule has 1 rings (SSSR count). The summed E-state index contributed by atoms with van der Waals surface area (Å²) >= 11 is 0. The molecule has 6 heteroatoms. The highest BCUT2D eigenvalue weighted by Crippen LogP contribution is 2.09. The molecule has 0 fully saturated rings. The number of hydrazone groups is 1. The number of hydrogen-bond acceptors (Lipinski definition) is 3. The monoisotopic (exact) mass is 221 g/mol. The molecular formula is C10H11N3O3. The molecule has 2 amide bonds. The van der Waals surface area contributed by atoms with E-state index in [4.69, 9.17) is 10.8 Å².